The number of benzene rings is 4. The first-order valence-electron chi connectivity index (χ1n) is 12.6. The van der Waals surface area contributed by atoms with E-state index >= 15 is 35.1 Å². The molecule has 0 saturated heterocycles. The Labute approximate surface area is 258 Å². The topological polar surface area (TPSA) is 0 Å². The molecule has 4 aromatic rings. The van der Waals surface area contributed by atoms with Crippen molar-refractivity contribution in [3.05, 3.63) is 141 Å². The van der Waals surface area contributed by atoms with E-state index in [2.05, 4.69) is 0 Å². The van der Waals surface area contributed by atoms with E-state index in [-0.39, 0.29) is 0 Å². The first-order chi connectivity index (χ1) is 22.3. The normalized spacial score (nSPS) is 13.3. The summed E-state index contributed by atoms with van der Waals surface area (Å²) in [5.74, 6) is -66.7. The van der Waals surface area contributed by atoms with E-state index in [9.17, 15) is 52.7 Å². The van der Waals surface area contributed by atoms with Gasteiger partial charge in [0.05, 0.1) is 0 Å². The third kappa shape index (κ3) is 4.92. The largest absolute Gasteiger partial charge is 0.328 e. The average Bonchev–Trinajstić information content (AvgIpc) is 2.99. The Kier molecular flexibility index (Phi) is 9.04. The molecule has 0 heterocycles. The number of alkyl halides is 8. The molecule has 0 radical (unpaired) electrons. The van der Waals surface area contributed by atoms with Crippen LogP contribution in [0.2, 0.25) is 0 Å². The molecule has 0 aromatic heterocycles. The second kappa shape index (κ2) is 11.9. The van der Waals surface area contributed by atoms with Crippen molar-refractivity contribution >= 4 is 6.15 Å². The van der Waals surface area contributed by atoms with Gasteiger partial charge in [-0.3, -0.25) is 0 Å². The van der Waals surface area contributed by atoms with E-state index in [1.807, 2.05) is 0 Å². The predicted octanol–water partition coefficient (Wildman–Crippen LogP) is 10.4. The summed E-state index contributed by atoms with van der Waals surface area (Å²) >= 11 is 0. The third-order valence-electron chi connectivity index (χ3n) is 7.75. The average molecular weight is 735 g/mol. The molecule has 0 N–H and O–H groups in total. The van der Waals surface area contributed by atoms with Crippen LogP contribution in [0.25, 0.3) is 0 Å². The van der Waals surface area contributed by atoms with Gasteiger partial charge in [-0.2, -0.15) is 0 Å². The van der Waals surface area contributed by atoms with Gasteiger partial charge in [0.2, 0.25) is 0 Å². The second-order valence-electron chi connectivity index (χ2n) is 10.2. The molecule has 0 aliphatic heterocycles. The smallest absolute Gasteiger partial charge is 0.246 e. The Morgan fingerprint density at radius 1 is 0.265 bits per heavy atom. The van der Waals surface area contributed by atoms with E-state index in [4.69, 9.17) is 0 Å². The summed E-state index contributed by atoms with van der Waals surface area (Å²) < 4.78 is 305. The Hall–Kier alpha value is -4.46. The molecule has 0 aliphatic carbocycles. The van der Waals surface area contributed by atoms with E-state index in [1.54, 1.807) is 0 Å². The van der Waals surface area contributed by atoms with Gasteiger partial charge in [-0.15, -0.1) is 0 Å². The highest BCUT2D eigenvalue weighted by atomic mass is 19.3. The zero-order valence-corrected chi connectivity index (χ0v) is 22.8. The lowest BCUT2D eigenvalue weighted by molar-refractivity contribution is -0.0917. The highest BCUT2D eigenvalue weighted by molar-refractivity contribution is 6.87. The van der Waals surface area contributed by atoms with Crippen LogP contribution in [0.3, 0.4) is 0 Å². The summed E-state index contributed by atoms with van der Waals surface area (Å²) in [5, 5.41) is 0. The Morgan fingerprint density at radius 2 is 0.429 bits per heavy atom. The van der Waals surface area contributed by atoms with E-state index in [0.29, 0.717) is 0 Å². The van der Waals surface area contributed by atoms with Crippen LogP contribution in [0.1, 0.15) is 22.3 Å². The molecule has 49 heavy (non-hydrogen) atoms. The van der Waals surface area contributed by atoms with Crippen LogP contribution in [0.5, 0.6) is 0 Å². The Bertz CT molecular complexity index is 1690. The fourth-order valence-corrected chi connectivity index (χ4v) is 5.43. The van der Waals surface area contributed by atoms with Crippen molar-refractivity contribution in [2.45, 2.75) is 23.3 Å². The molecule has 0 nitrogen and oxygen atoms in total. The van der Waals surface area contributed by atoms with E-state index < -0.39 is 170 Å². The van der Waals surface area contributed by atoms with Crippen molar-refractivity contribution in [2.75, 3.05) is 0 Å². The van der Waals surface area contributed by atoms with Crippen molar-refractivity contribution in [2.24, 2.45) is 0 Å². The first kappa shape index (κ1) is 37.4. The van der Waals surface area contributed by atoms with Crippen LogP contribution in [-0.4, -0.2) is 6.15 Å². The van der Waals surface area contributed by atoms with Gasteiger partial charge in [-0.1, -0.05) is 24.3 Å². The zero-order valence-electron chi connectivity index (χ0n) is 22.8. The molecular weight excluding hydrogens is 727 g/mol. The summed E-state index contributed by atoms with van der Waals surface area (Å²) in [5.41, 5.74) is -13.8. The molecule has 0 saturated carbocycles. The van der Waals surface area contributed by atoms with Crippen LogP contribution in [0.15, 0.2) is 48.5 Å². The van der Waals surface area contributed by atoms with Crippen LogP contribution in [0, 0.1) is 69.8 Å². The molecule has 0 amide bonds. The maximum absolute atomic E-state index is 16.7. The molecule has 0 bridgehead atoms. The lowest BCUT2D eigenvalue weighted by atomic mass is 9.08. The van der Waals surface area contributed by atoms with Crippen molar-refractivity contribution in [1.82, 2.24) is 0 Å². The predicted molar refractivity (Wildman–Crippen MR) is 127 cm³/mol. The number of hydrogen-bond donors (Lipinski definition) is 0. The molecule has 0 fully saturated rings. The van der Waals surface area contributed by atoms with Gasteiger partial charge in [0.15, 0.2) is 93.1 Å². The van der Waals surface area contributed by atoms with Crippen molar-refractivity contribution in [3.63, 3.8) is 0 Å². The molecule has 4 rings (SSSR count). The molecule has 0 aliphatic rings. The van der Waals surface area contributed by atoms with Gasteiger partial charge < -0.3 is 0 Å². The summed E-state index contributed by atoms with van der Waals surface area (Å²) in [6.45, 7) is 0. The molecule has 0 unspecified atom stereocenters. The van der Waals surface area contributed by atoms with Gasteiger partial charge in [-0.05, 0) is 24.3 Å². The van der Waals surface area contributed by atoms with Crippen LogP contribution in [-0.2, 0) is 23.3 Å². The maximum atomic E-state index is 16.7. The van der Waals surface area contributed by atoms with Gasteiger partial charge in [0.25, 0.3) is 0 Å². The number of hydrogen-bond acceptors (Lipinski definition) is 0. The minimum atomic E-state index is -9.00. The molecule has 21 heteroatoms. The monoisotopic (exact) mass is 735 g/mol. The first-order valence-corrected chi connectivity index (χ1v) is 12.6. The SMILES string of the molecule is Fc1ccc(C(F)(F)[B-](C(F)(F)c2ccc(F)c(F)c2F)(C(F)(F)c2ccc(F)c(F)c2F)C(F)(F)c2ccc(F)c(F)c2F)c(F)c1F. The lowest BCUT2D eigenvalue weighted by Gasteiger charge is -2.58. The van der Waals surface area contributed by atoms with Crippen molar-refractivity contribution in [1.29, 1.82) is 0 Å². The van der Waals surface area contributed by atoms with Crippen LogP contribution in [0.4, 0.5) is 87.8 Å². The zero-order chi connectivity index (χ0) is 37.4. The number of rotatable bonds is 8. The van der Waals surface area contributed by atoms with E-state index in [0.717, 1.165) is 0 Å². The quantitative estimate of drug-likeness (QED) is 0.0961. The number of halogens is 20. The van der Waals surface area contributed by atoms with Crippen LogP contribution < -0.4 is 0 Å². The summed E-state index contributed by atoms with van der Waals surface area (Å²) in [6.07, 6.45) is -9.00. The summed E-state index contributed by atoms with van der Waals surface area (Å²) in [4.78, 5) is 0. The molecule has 0 spiro atoms. The molecular formula is C28H8BF20-. The second-order valence-corrected chi connectivity index (χ2v) is 10.2. The van der Waals surface area contributed by atoms with Gasteiger partial charge in [0, 0.05) is 22.3 Å². The summed E-state index contributed by atoms with van der Waals surface area (Å²) in [7, 11) is 0. The van der Waals surface area contributed by atoms with Gasteiger partial charge >= 0.3 is 6.15 Å². The highest BCUT2D eigenvalue weighted by Gasteiger charge is 2.86. The van der Waals surface area contributed by atoms with Gasteiger partial charge in [-0.25, -0.2) is 87.8 Å². The van der Waals surface area contributed by atoms with Crippen molar-refractivity contribution < 1.29 is 87.8 Å². The minimum absolute atomic E-state index is 0.661. The fraction of sp³-hybridized carbons (Fsp3) is 0.143. The maximum Gasteiger partial charge on any atom is 0.328 e. The molecule has 0 atom stereocenters. The minimum Gasteiger partial charge on any atom is -0.246 e. The summed E-state index contributed by atoms with van der Waals surface area (Å²) in [6, 6.07) is -6.38. The van der Waals surface area contributed by atoms with Gasteiger partial charge in [0.1, 0.15) is 0 Å². The van der Waals surface area contributed by atoms with Crippen molar-refractivity contribution in [3.8, 4) is 0 Å². The van der Waals surface area contributed by atoms with Crippen LogP contribution >= 0.6 is 0 Å². The Balaban J connectivity index is 2.44. The Morgan fingerprint density at radius 3 is 0.592 bits per heavy atom. The highest BCUT2D eigenvalue weighted by Crippen LogP contribution is 2.68. The molecule has 4 aromatic carbocycles. The standard InChI is InChI=1S/C28H8BF20/c30-13-5-1-9(17(34)21(13)38)25(42,43)29(26(44,45)10-2-6-14(31)22(39)18(10)35,27(46,47)11-3-7-15(32)23(40)19(11)36)28(48,49)12-4-8-16(33)24(41)20(12)37/h1-8H/q-1. The fourth-order valence-electron chi connectivity index (χ4n) is 5.43. The lowest BCUT2D eigenvalue weighted by Crippen LogP contribution is -2.79. The van der Waals surface area contributed by atoms with E-state index in [1.165, 1.54) is 0 Å². The molecule has 264 valence electrons. The third-order valence-corrected chi connectivity index (χ3v) is 7.75.